The average molecular weight is 230 g/mol. The second-order valence-corrected chi connectivity index (χ2v) is 2.54. The molecular weight excluding hydrogens is 221 g/mol. The highest BCUT2D eigenvalue weighted by molar-refractivity contribution is 5.82. The zero-order valence-corrected chi connectivity index (χ0v) is 7.34. The second-order valence-electron chi connectivity index (χ2n) is 2.54. The summed E-state index contributed by atoms with van der Waals surface area (Å²) >= 11 is 0. The maximum absolute atomic E-state index is 11.7. The first-order valence-corrected chi connectivity index (χ1v) is 3.72. The van der Waals surface area contributed by atoms with E-state index in [2.05, 4.69) is 0 Å². The monoisotopic (exact) mass is 230 g/mol. The second kappa shape index (κ2) is 5.39. The molecule has 1 unspecified atom stereocenters. The Morgan fingerprint density at radius 2 is 1.87 bits per heavy atom. The van der Waals surface area contributed by atoms with Crippen LogP contribution in [0.1, 0.15) is 0 Å². The molecule has 0 fully saturated rings. The van der Waals surface area contributed by atoms with E-state index in [1.54, 1.807) is 5.32 Å². The molecule has 0 aromatic heterocycles. The van der Waals surface area contributed by atoms with E-state index in [0.717, 1.165) is 0 Å². The first kappa shape index (κ1) is 13.5. The predicted octanol–water partition coefficient (Wildman–Crippen LogP) is -0.707. The quantitative estimate of drug-likeness (QED) is 0.513. The molecule has 9 heteroatoms. The first-order chi connectivity index (χ1) is 6.77. The highest BCUT2D eigenvalue weighted by Gasteiger charge is 2.39. The van der Waals surface area contributed by atoms with Crippen LogP contribution in [0, 0.1) is 0 Å². The Morgan fingerprint density at radius 1 is 1.33 bits per heavy atom. The molecule has 0 heterocycles. The van der Waals surface area contributed by atoms with Crippen molar-refractivity contribution in [3.05, 3.63) is 0 Å². The Labute approximate surface area is 82.1 Å². The lowest BCUT2D eigenvalue weighted by Crippen LogP contribution is -2.49. The molecule has 0 aliphatic carbocycles. The highest BCUT2D eigenvalue weighted by atomic mass is 19.4. The SMILES string of the molecule is O=C(O)NCC(CO)NC(=O)C(F)(F)F. The molecule has 0 saturated carbocycles. The zero-order chi connectivity index (χ0) is 12.1. The standard InChI is InChI=1S/C6H9F3N2O4/c7-6(8,9)4(13)11-3(2-12)1-10-5(14)15/h3,10,12H,1-2H2,(H,11,13)(H,14,15). The van der Waals surface area contributed by atoms with E-state index in [1.807, 2.05) is 0 Å². The van der Waals surface area contributed by atoms with E-state index >= 15 is 0 Å². The summed E-state index contributed by atoms with van der Waals surface area (Å²) in [4.78, 5) is 20.3. The number of rotatable bonds is 4. The number of hydrogen-bond acceptors (Lipinski definition) is 3. The minimum atomic E-state index is -5.06. The van der Waals surface area contributed by atoms with Crippen molar-refractivity contribution in [1.82, 2.24) is 10.6 Å². The van der Waals surface area contributed by atoms with Gasteiger partial charge < -0.3 is 20.8 Å². The molecule has 4 N–H and O–H groups in total. The Balaban J connectivity index is 4.10. The molecule has 0 rings (SSSR count). The van der Waals surface area contributed by atoms with Gasteiger partial charge in [0, 0.05) is 6.54 Å². The fourth-order valence-electron chi connectivity index (χ4n) is 0.639. The van der Waals surface area contributed by atoms with Crippen LogP contribution in [0.5, 0.6) is 0 Å². The topological polar surface area (TPSA) is 98.7 Å². The van der Waals surface area contributed by atoms with Crippen LogP contribution in [-0.2, 0) is 4.79 Å². The van der Waals surface area contributed by atoms with Crippen molar-refractivity contribution in [3.63, 3.8) is 0 Å². The summed E-state index contributed by atoms with van der Waals surface area (Å²) in [5, 5.41) is 19.8. The number of carbonyl (C=O) groups excluding carboxylic acids is 1. The van der Waals surface area contributed by atoms with Crippen LogP contribution >= 0.6 is 0 Å². The lowest BCUT2D eigenvalue weighted by Gasteiger charge is -2.16. The van der Waals surface area contributed by atoms with Crippen molar-refractivity contribution in [2.45, 2.75) is 12.2 Å². The molecule has 0 spiro atoms. The molecule has 0 aromatic carbocycles. The summed E-state index contributed by atoms with van der Waals surface area (Å²) in [7, 11) is 0. The van der Waals surface area contributed by atoms with E-state index in [-0.39, 0.29) is 0 Å². The van der Waals surface area contributed by atoms with Crippen LogP contribution in [0.3, 0.4) is 0 Å². The molecule has 1 atom stereocenters. The number of aliphatic hydroxyl groups excluding tert-OH is 1. The molecule has 0 radical (unpaired) electrons. The smallest absolute Gasteiger partial charge is 0.465 e. The van der Waals surface area contributed by atoms with E-state index in [1.165, 1.54) is 5.32 Å². The number of aliphatic hydroxyl groups is 1. The highest BCUT2D eigenvalue weighted by Crippen LogP contribution is 2.14. The lowest BCUT2D eigenvalue weighted by molar-refractivity contribution is -0.174. The number of hydrogen-bond donors (Lipinski definition) is 4. The van der Waals surface area contributed by atoms with E-state index in [9.17, 15) is 22.8 Å². The number of carbonyl (C=O) groups is 2. The number of amides is 2. The van der Waals surface area contributed by atoms with Gasteiger partial charge in [-0.2, -0.15) is 13.2 Å². The largest absolute Gasteiger partial charge is 0.471 e. The third-order valence-corrected chi connectivity index (χ3v) is 1.31. The summed E-state index contributed by atoms with van der Waals surface area (Å²) in [6.07, 6.45) is -6.52. The molecule has 0 aliphatic rings. The number of carboxylic acid groups (broad SMARTS) is 1. The zero-order valence-electron chi connectivity index (χ0n) is 7.34. The van der Waals surface area contributed by atoms with Gasteiger partial charge in [-0.3, -0.25) is 4.79 Å². The minimum Gasteiger partial charge on any atom is -0.465 e. The molecule has 88 valence electrons. The Bertz CT molecular complexity index is 243. The minimum absolute atomic E-state index is 0.506. The molecule has 0 bridgehead atoms. The van der Waals surface area contributed by atoms with Crippen molar-refractivity contribution in [2.75, 3.05) is 13.2 Å². The summed E-state index contributed by atoms with van der Waals surface area (Å²) in [5.74, 6) is -2.23. The van der Waals surface area contributed by atoms with E-state index < -0.39 is 37.4 Å². The van der Waals surface area contributed by atoms with Crippen molar-refractivity contribution in [1.29, 1.82) is 0 Å². The molecule has 2 amide bonds. The van der Waals surface area contributed by atoms with Gasteiger partial charge >= 0.3 is 18.2 Å². The summed E-state index contributed by atoms with van der Waals surface area (Å²) in [5.41, 5.74) is 0. The van der Waals surface area contributed by atoms with Crippen molar-refractivity contribution in [3.8, 4) is 0 Å². The summed E-state index contributed by atoms with van der Waals surface area (Å²) < 4.78 is 35.1. The fourth-order valence-corrected chi connectivity index (χ4v) is 0.639. The number of halogens is 3. The third kappa shape index (κ3) is 5.73. The van der Waals surface area contributed by atoms with Gasteiger partial charge in [-0.05, 0) is 0 Å². The summed E-state index contributed by atoms with van der Waals surface area (Å²) in [6.45, 7) is -1.31. The molecule has 0 saturated heterocycles. The Hall–Kier alpha value is -1.51. The van der Waals surface area contributed by atoms with E-state index in [4.69, 9.17) is 10.2 Å². The third-order valence-electron chi connectivity index (χ3n) is 1.31. The molecule has 15 heavy (non-hydrogen) atoms. The Morgan fingerprint density at radius 3 is 2.20 bits per heavy atom. The normalized spacial score (nSPS) is 13.1. The van der Waals surface area contributed by atoms with Gasteiger partial charge in [-0.25, -0.2) is 4.79 Å². The van der Waals surface area contributed by atoms with Crippen LogP contribution < -0.4 is 10.6 Å². The number of alkyl halides is 3. The maximum Gasteiger partial charge on any atom is 0.471 e. The van der Waals surface area contributed by atoms with Gasteiger partial charge in [0.25, 0.3) is 0 Å². The maximum atomic E-state index is 11.7. The van der Waals surface area contributed by atoms with Gasteiger partial charge in [0.05, 0.1) is 12.6 Å². The van der Waals surface area contributed by atoms with Crippen molar-refractivity contribution >= 4 is 12.0 Å². The molecular formula is C6H9F3N2O4. The predicted molar refractivity (Wildman–Crippen MR) is 41.1 cm³/mol. The van der Waals surface area contributed by atoms with Gasteiger partial charge in [0.2, 0.25) is 0 Å². The number of nitrogens with one attached hydrogen (secondary N) is 2. The lowest BCUT2D eigenvalue weighted by atomic mass is 10.3. The van der Waals surface area contributed by atoms with Gasteiger partial charge in [0.15, 0.2) is 0 Å². The van der Waals surface area contributed by atoms with Crippen LogP contribution in [0.2, 0.25) is 0 Å². The molecule has 0 aromatic rings. The van der Waals surface area contributed by atoms with Gasteiger partial charge in [-0.1, -0.05) is 0 Å². The van der Waals surface area contributed by atoms with Gasteiger partial charge in [-0.15, -0.1) is 0 Å². The van der Waals surface area contributed by atoms with Crippen molar-refractivity contribution in [2.24, 2.45) is 0 Å². The average Bonchev–Trinajstić information content (AvgIpc) is 2.09. The van der Waals surface area contributed by atoms with Crippen LogP contribution in [-0.4, -0.2) is 47.6 Å². The van der Waals surface area contributed by atoms with Crippen LogP contribution in [0.4, 0.5) is 18.0 Å². The molecule has 6 nitrogen and oxygen atoms in total. The van der Waals surface area contributed by atoms with Crippen LogP contribution in [0.25, 0.3) is 0 Å². The molecule has 0 aliphatic heterocycles. The first-order valence-electron chi connectivity index (χ1n) is 3.72. The summed E-state index contributed by atoms with van der Waals surface area (Å²) in [6, 6.07) is -1.31. The van der Waals surface area contributed by atoms with E-state index in [0.29, 0.717) is 0 Å². The Kier molecular flexibility index (Phi) is 4.85. The fraction of sp³-hybridized carbons (Fsp3) is 0.667. The van der Waals surface area contributed by atoms with Crippen LogP contribution in [0.15, 0.2) is 0 Å². The van der Waals surface area contributed by atoms with Crippen molar-refractivity contribution < 1.29 is 33.0 Å². The van der Waals surface area contributed by atoms with Gasteiger partial charge in [0.1, 0.15) is 0 Å².